The normalized spacial score (nSPS) is 13.6. The first kappa shape index (κ1) is 15.1. The Morgan fingerprint density at radius 3 is 2.62 bits per heavy atom. The SMILES string of the molecule is Brc1cnc2c(NCc3ccc(N4CC=CC4)cc3)ccnc2c1. The topological polar surface area (TPSA) is 41.1 Å². The Labute approximate surface area is 149 Å². The lowest BCUT2D eigenvalue weighted by Gasteiger charge is -2.18. The molecule has 1 aromatic carbocycles. The number of hydrogen-bond acceptors (Lipinski definition) is 4. The number of rotatable bonds is 4. The molecule has 0 amide bonds. The molecule has 0 unspecified atom stereocenters. The summed E-state index contributed by atoms with van der Waals surface area (Å²) >= 11 is 3.44. The van der Waals surface area contributed by atoms with Crippen molar-refractivity contribution in [3.63, 3.8) is 0 Å². The van der Waals surface area contributed by atoms with Crippen molar-refractivity contribution in [3.05, 3.63) is 71.0 Å². The number of benzene rings is 1. The minimum absolute atomic E-state index is 0.759. The fourth-order valence-electron chi connectivity index (χ4n) is 2.86. The van der Waals surface area contributed by atoms with Gasteiger partial charge in [-0.3, -0.25) is 9.97 Å². The molecule has 24 heavy (non-hydrogen) atoms. The molecule has 0 aliphatic carbocycles. The second-order valence-electron chi connectivity index (χ2n) is 5.78. The number of anilines is 2. The van der Waals surface area contributed by atoms with Gasteiger partial charge in [-0.1, -0.05) is 24.3 Å². The largest absolute Gasteiger partial charge is 0.379 e. The van der Waals surface area contributed by atoms with Gasteiger partial charge in [-0.15, -0.1) is 0 Å². The van der Waals surface area contributed by atoms with Gasteiger partial charge in [0.25, 0.3) is 0 Å². The first-order valence-corrected chi connectivity index (χ1v) is 8.72. The molecule has 0 spiro atoms. The number of nitrogens with zero attached hydrogens (tertiary/aromatic N) is 3. The number of halogens is 1. The third kappa shape index (κ3) is 3.12. The summed E-state index contributed by atoms with van der Waals surface area (Å²) in [4.78, 5) is 11.2. The number of aromatic nitrogens is 2. The first-order chi connectivity index (χ1) is 11.8. The van der Waals surface area contributed by atoms with E-state index >= 15 is 0 Å². The van der Waals surface area contributed by atoms with Gasteiger partial charge in [0.15, 0.2) is 0 Å². The van der Waals surface area contributed by atoms with E-state index in [-0.39, 0.29) is 0 Å². The van der Waals surface area contributed by atoms with Crippen molar-refractivity contribution in [2.75, 3.05) is 23.3 Å². The Morgan fingerprint density at radius 1 is 1.04 bits per heavy atom. The Hall–Kier alpha value is -2.40. The van der Waals surface area contributed by atoms with Crippen LogP contribution >= 0.6 is 15.9 Å². The van der Waals surface area contributed by atoms with E-state index in [1.807, 2.05) is 18.3 Å². The van der Waals surface area contributed by atoms with E-state index in [9.17, 15) is 0 Å². The van der Waals surface area contributed by atoms with Gasteiger partial charge in [-0.25, -0.2) is 0 Å². The van der Waals surface area contributed by atoms with E-state index in [0.29, 0.717) is 0 Å². The highest BCUT2D eigenvalue weighted by Gasteiger charge is 2.07. The molecule has 5 heteroatoms. The molecular weight excluding hydrogens is 364 g/mol. The first-order valence-electron chi connectivity index (χ1n) is 7.92. The van der Waals surface area contributed by atoms with E-state index in [1.165, 1.54) is 11.3 Å². The summed E-state index contributed by atoms with van der Waals surface area (Å²) in [5, 5.41) is 3.47. The summed E-state index contributed by atoms with van der Waals surface area (Å²) in [7, 11) is 0. The summed E-state index contributed by atoms with van der Waals surface area (Å²) in [5.74, 6) is 0. The van der Waals surface area contributed by atoms with E-state index in [0.717, 1.165) is 40.8 Å². The predicted octanol–water partition coefficient (Wildman–Crippen LogP) is 4.38. The summed E-state index contributed by atoms with van der Waals surface area (Å²) < 4.78 is 0.937. The van der Waals surface area contributed by atoms with Crippen molar-refractivity contribution in [1.29, 1.82) is 0 Å². The van der Waals surface area contributed by atoms with E-state index in [1.54, 1.807) is 6.20 Å². The van der Waals surface area contributed by atoms with Crippen LogP contribution in [-0.2, 0) is 6.54 Å². The van der Waals surface area contributed by atoms with Crippen molar-refractivity contribution >= 4 is 38.3 Å². The molecule has 4 nitrogen and oxygen atoms in total. The standard InChI is InChI=1S/C19H17BrN4/c20-15-11-18-19(23-13-15)17(7-8-21-18)22-12-14-3-5-16(6-4-14)24-9-1-2-10-24/h1-8,11,13H,9-10,12H2,(H,21,22). The van der Waals surface area contributed by atoms with Gasteiger partial charge in [0.05, 0.1) is 11.2 Å². The van der Waals surface area contributed by atoms with Gasteiger partial charge in [-0.05, 0) is 45.8 Å². The fourth-order valence-corrected chi connectivity index (χ4v) is 3.18. The fraction of sp³-hybridized carbons (Fsp3) is 0.158. The highest BCUT2D eigenvalue weighted by molar-refractivity contribution is 9.10. The second kappa shape index (κ2) is 6.61. The van der Waals surface area contributed by atoms with Crippen LogP contribution in [-0.4, -0.2) is 23.1 Å². The third-order valence-electron chi connectivity index (χ3n) is 4.15. The maximum absolute atomic E-state index is 4.47. The van der Waals surface area contributed by atoms with Crippen molar-refractivity contribution in [2.45, 2.75) is 6.54 Å². The molecule has 0 atom stereocenters. The summed E-state index contributed by atoms with van der Waals surface area (Å²) in [6.45, 7) is 2.76. The van der Waals surface area contributed by atoms with Crippen LogP contribution in [0.25, 0.3) is 11.0 Å². The second-order valence-corrected chi connectivity index (χ2v) is 6.69. The number of fused-ring (bicyclic) bond motifs is 1. The van der Waals surface area contributed by atoms with Crippen LogP contribution in [0, 0.1) is 0 Å². The average Bonchev–Trinajstić information content (AvgIpc) is 3.14. The van der Waals surface area contributed by atoms with Crippen LogP contribution in [0.2, 0.25) is 0 Å². The zero-order chi connectivity index (χ0) is 16.4. The highest BCUT2D eigenvalue weighted by atomic mass is 79.9. The average molecular weight is 381 g/mol. The Kier molecular flexibility index (Phi) is 4.17. The zero-order valence-electron chi connectivity index (χ0n) is 13.1. The van der Waals surface area contributed by atoms with Crippen molar-refractivity contribution in [3.8, 4) is 0 Å². The van der Waals surface area contributed by atoms with E-state index < -0.39 is 0 Å². The molecule has 1 aliphatic heterocycles. The maximum atomic E-state index is 4.47. The molecule has 0 fully saturated rings. The predicted molar refractivity (Wildman–Crippen MR) is 102 cm³/mol. The molecule has 2 aromatic heterocycles. The molecule has 0 radical (unpaired) electrons. The Bertz CT molecular complexity index is 882. The van der Waals surface area contributed by atoms with Crippen LogP contribution in [0.5, 0.6) is 0 Å². The lowest BCUT2D eigenvalue weighted by atomic mass is 10.2. The molecule has 3 aromatic rings. The lowest BCUT2D eigenvalue weighted by Crippen LogP contribution is -2.18. The van der Waals surface area contributed by atoms with Gasteiger partial charge in [0.2, 0.25) is 0 Å². The highest BCUT2D eigenvalue weighted by Crippen LogP contribution is 2.23. The van der Waals surface area contributed by atoms with Crippen LogP contribution in [0.4, 0.5) is 11.4 Å². The Balaban J connectivity index is 1.48. The third-order valence-corrected chi connectivity index (χ3v) is 4.58. The molecule has 1 N–H and O–H groups in total. The van der Waals surface area contributed by atoms with Gasteiger partial charge in [0, 0.05) is 42.2 Å². The monoisotopic (exact) mass is 380 g/mol. The van der Waals surface area contributed by atoms with Gasteiger partial charge >= 0.3 is 0 Å². The van der Waals surface area contributed by atoms with Gasteiger partial charge in [0.1, 0.15) is 5.52 Å². The van der Waals surface area contributed by atoms with E-state index in [2.05, 4.69) is 72.5 Å². The quantitative estimate of drug-likeness (QED) is 0.681. The van der Waals surface area contributed by atoms with Crippen LogP contribution in [0.15, 0.2) is 65.4 Å². The minimum Gasteiger partial charge on any atom is -0.379 e. The van der Waals surface area contributed by atoms with Crippen LogP contribution in [0.3, 0.4) is 0 Å². The maximum Gasteiger partial charge on any atom is 0.112 e. The summed E-state index contributed by atoms with van der Waals surface area (Å²) in [6.07, 6.45) is 8.01. The molecule has 3 heterocycles. The Morgan fingerprint density at radius 2 is 1.83 bits per heavy atom. The summed E-state index contributed by atoms with van der Waals surface area (Å²) in [6, 6.07) is 12.7. The molecule has 0 saturated heterocycles. The number of nitrogens with one attached hydrogen (secondary N) is 1. The molecular formula is C19H17BrN4. The van der Waals surface area contributed by atoms with E-state index in [4.69, 9.17) is 0 Å². The zero-order valence-corrected chi connectivity index (χ0v) is 14.7. The number of pyridine rings is 2. The van der Waals surface area contributed by atoms with Crippen molar-refractivity contribution in [1.82, 2.24) is 9.97 Å². The van der Waals surface area contributed by atoms with Gasteiger partial charge in [-0.2, -0.15) is 0 Å². The summed E-state index contributed by atoms with van der Waals surface area (Å²) in [5.41, 5.74) is 5.28. The minimum atomic E-state index is 0.759. The molecule has 0 saturated carbocycles. The molecule has 120 valence electrons. The molecule has 0 bridgehead atoms. The van der Waals surface area contributed by atoms with Crippen molar-refractivity contribution in [2.24, 2.45) is 0 Å². The van der Waals surface area contributed by atoms with Crippen LogP contribution in [0.1, 0.15) is 5.56 Å². The smallest absolute Gasteiger partial charge is 0.112 e. The molecule has 4 rings (SSSR count). The lowest BCUT2D eigenvalue weighted by molar-refractivity contribution is 1.00. The van der Waals surface area contributed by atoms with Gasteiger partial charge < -0.3 is 10.2 Å². The number of hydrogen-bond donors (Lipinski definition) is 1. The molecule has 1 aliphatic rings. The van der Waals surface area contributed by atoms with Crippen molar-refractivity contribution < 1.29 is 0 Å². The van der Waals surface area contributed by atoms with Crippen LogP contribution < -0.4 is 10.2 Å².